The zero-order valence-corrected chi connectivity index (χ0v) is 15.3. The average Bonchev–Trinajstić information content (AvgIpc) is 3.03. The summed E-state index contributed by atoms with van der Waals surface area (Å²) in [6, 6.07) is 10.4. The number of carbonyl (C=O) groups is 2. The molecule has 1 aromatic heterocycles. The molecule has 0 radical (unpaired) electrons. The van der Waals surface area contributed by atoms with E-state index in [9.17, 15) is 9.59 Å². The Balaban J connectivity index is 1.89. The molecule has 2 amide bonds. The van der Waals surface area contributed by atoms with Crippen molar-refractivity contribution in [3.8, 4) is 5.75 Å². The van der Waals surface area contributed by atoms with Gasteiger partial charge >= 0.3 is 0 Å². The molecule has 0 atom stereocenters. The Morgan fingerprint density at radius 2 is 1.92 bits per heavy atom. The minimum absolute atomic E-state index is 0.0370. The van der Waals surface area contributed by atoms with Crippen LogP contribution in [0.3, 0.4) is 0 Å². The third kappa shape index (κ3) is 3.67. The lowest BCUT2D eigenvalue weighted by Crippen LogP contribution is -2.54. The number of thiocarbonyl (C=S) groups is 1. The van der Waals surface area contributed by atoms with E-state index >= 15 is 0 Å². The summed E-state index contributed by atoms with van der Waals surface area (Å²) in [7, 11) is 0. The maximum absolute atomic E-state index is 12.9. The molecule has 1 saturated heterocycles. The van der Waals surface area contributed by atoms with Crippen LogP contribution in [-0.2, 0) is 9.59 Å². The first-order valence-corrected chi connectivity index (χ1v) is 8.61. The zero-order chi connectivity index (χ0) is 18.7. The molecule has 0 saturated carbocycles. The molecule has 1 aromatic carbocycles. The molecule has 1 aliphatic heterocycles. The number of nitrogens with zero attached hydrogens (tertiary/aromatic N) is 1. The standard InChI is InChI=1S/C19H18N2O4S/c1-3-10-24-14-8-5-13(6-9-14)21-18(23)16(17(22)20-19(21)26)11-15-7-4-12(2)25-15/h4-9,11H,3,10H2,1-2H3,(H,20,22,26)/b16-11+. The van der Waals surface area contributed by atoms with Crippen molar-refractivity contribution >= 4 is 40.9 Å². The number of benzene rings is 1. The van der Waals surface area contributed by atoms with E-state index < -0.39 is 11.8 Å². The van der Waals surface area contributed by atoms with Crippen LogP contribution in [0.15, 0.2) is 46.4 Å². The van der Waals surface area contributed by atoms with Gasteiger partial charge in [0.1, 0.15) is 22.8 Å². The Kier molecular flexibility index (Phi) is 5.18. The van der Waals surface area contributed by atoms with Crippen LogP contribution in [0.4, 0.5) is 5.69 Å². The van der Waals surface area contributed by atoms with Gasteiger partial charge < -0.3 is 9.15 Å². The molecule has 26 heavy (non-hydrogen) atoms. The van der Waals surface area contributed by atoms with Crippen LogP contribution in [0.5, 0.6) is 5.75 Å². The van der Waals surface area contributed by atoms with Crippen LogP contribution in [0.1, 0.15) is 24.9 Å². The molecule has 3 rings (SSSR count). The molecule has 0 spiro atoms. The van der Waals surface area contributed by atoms with Gasteiger partial charge in [0.2, 0.25) is 0 Å². The second-order valence-corrected chi connectivity index (χ2v) is 6.14. The van der Waals surface area contributed by atoms with Gasteiger partial charge in [-0.05, 0) is 68.0 Å². The number of hydrogen-bond acceptors (Lipinski definition) is 5. The lowest BCUT2D eigenvalue weighted by Gasteiger charge is -2.28. The molecular weight excluding hydrogens is 352 g/mol. The number of amides is 2. The summed E-state index contributed by atoms with van der Waals surface area (Å²) < 4.78 is 11.0. The molecule has 134 valence electrons. The summed E-state index contributed by atoms with van der Waals surface area (Å²) in [5.74, 6) is 0.771. The van der Waals surface area contributed by atoms with E-state index in [1.165, 1.54) is 11.0 Å². The number of hydrogen-bond donors (Lipinski definition) is 1. The predicted octanol–water partition coefficient (Wildman–Crippen LogP) is 3.21. The van der Waals surface area contributed by atoms with Crippen LogP contribution in [0, 0.1) is 6.92 Å². The van der Waals surface area contributed by atoms with Crippen LogP contribution < -0.4 is 15.0 Å². The zero-order valence-electron chi connectivity index (χ0n) is 14.4. The number of rotatable bonds is 5. The van der Waals surface area contributed by atoms with Gasteiger partial charge in [0, 0.05) is 0 Å². The van der Waals surface area contributed by atoms with Crippen molar-refractivity contribution in [3.05, 3.63) is 53.5 Å². The maximum Gasteiger partial charge on any atom is 0.270 e. The van der Waals surface area contributed by atoms with Gasteiger partial charge in [-0.3, -0.25) is 19.8 Å². The maximum atomic E-state index is 12.9. The summed E-state index contributed by atoms with van der Waals surface area (Å²) >= 11 is 5.18. The van der Waals surface area contributed by atoms with E-state index in [2.05, 4.69) is 5.32 Å². The minimum Gasteiger partial charge on any atom is -0.494 e. The van der Waals surface area contributed by atoms with Crippen molar-refractivity contribution in [2.24, 2.45) is 0 Å². The quantitative estimate of drug-likeness (QED) is 0.497. The molecule has 0 unspecified atom stereocenters. The molecule has 1 aliphatic rings. The molecule has 2 heterocycles. The molecule has 0 aliphatic carbocycles. The number of anilines is 1. The fourth-order valence-corrected chi connectivity index (χ4v) is 2.76. The Morgan fingerprint density at radius 1 is 1.19 bits per heavy atom. The Bertz CT molecular complexity index is 883. The SMILES string of the molecule is CCCOc1ccc(N2C(=O)/C(=C/c3ccc(C)o3)C(=O)NC2=S)cc1. The summed E-state index contributed by atoms with van der Waals surface area (Å²) in [4.78, 5) is 26.3. The second-order valence-electron chi connectivity index (χ2n) is 5.75. The second kappa shape index (κ2) is 7.53. The monoisotopic (exact) mass is 370 g/mol. The normalized spacial score (nSPS) is 16.2. The summed E-state index contributed by atoms with van der Waals surface area (Å²) in [6.45, 7) is 4.43. The van der Waals surface area contributed by atoms with Gasteiger partial charge in [-0.2, -0.15) is 0 Å². The molecule has 0 bridgehead atoms. The first kappa shape index (κ1) is 17.9. The average molecular weight is 370 g/mol. The number of carbonyl (C=O) groups excluding carboxylic acids is 2. The van der Waals surface area contributed by atoms with Crippen molar-refractivity contribution in [2.45, 2.75) is 20.3 Å². The van der Waals surface area contributed by atoms with Gasteiger partial charge in [0.05, 0.1) is 12.3 Å². The van der Waals surface area contributed by atoms with E-state index in [-0.39, 0.29) is 10.7 Å². The Hall–Kier alpha value is -2.93. The largest absolute Gasteiger partial charge is 0.494 e. The first-order chi connectivity index (χ1) is 12.5. The van der Waals surface area contributed by atoms with Crippen molar-refractivity contribution < 1.29 is 18.7 Å². The number of aryl methyl sites for hydroxylation is 1. The molecular formula is C19H18N2O4S. The Labute approximate surface area is 156 Å². The van der Waals surface area contributed by atoms with Crippen LogP contribution in [0.2, 0.25) is 0 Å². The van der Waals surface area contributed by atoms with Gasteiger partial charge in [-0.15, -0.1) is 0 Å². The summed E-state index contributed by atoms with van der Waals surface area (Å²) in [6.07, 6.45) is 2.32. The highest BCUT2D eigenvalue weighted by atomic mass is 32.1. The van der Waals surface area contributed by atoms with Crippen molar-refractivity contribution in [2.75, 3.05) is 11.5 Å². The molecule has 2 aromatic rings. The highest BCUT2D eigenvalue weighted by Crippen LogP contribution is 2.24. The van der Waals surface area contributed by atoms with E-state index in [0.29, 0.717) is 29.6 Å². The van der Waals surface area contributed by atoms with Crippen LogP contribution in [0.25, 0.3) is 6.08 Å². The number of furan rings is 1. The molecule has 1 N–H and O–H groups in total. The topological polar surface area (TPSA) is 71.8 Å². The fraction of sp³-hybridized carbons (Fsp3) is 0.211. The fourth-order valence-electron chi connectivity index (χ4n) is 2.48. The van der Waals surface area contributed by atoms with Crippen LogP contribution in [-0.4, -0.2) is 23.5 Å². The highest BCUT2D eigenvalue weighted by Gasteiger charge is 2.34. The van der Waals surface area contributed by atoms with Crippen molar-refractivity contribution in [3.63, 3.8) is 0 Å². The van der Waals surface area contributed by atoms with Gasteiger partial charge in [-0.25, -0.2) is 0 Å². The number of ether oxygens (including phenoxy) is 1. The van der Waals surface area contributed by atoms with E-state index in [4.69, 9.17) is 21.4 Å². The van der Waals surface area contributed by atoms with Crippen LogP contribution >= 0.6 is 12.2 Å². The van der Waals surface area contributed by atoms with Crippen molar-refractivity contribution in [1.29, 1.82) is 0 Å². The Morgan fingerprint density at radius 3 is 2.54 bits per heavy atom. The van der Waals surface area contributed by atoms with E-state index in [1.54, 1.807) is 43.3 Å². The summed E-state index contributed by atoms with van der Waals surface area (Å²) in [5.41, 5.74) is 0.504. The first-order valence-electron chi connectivity index (χ1n) is 8.20. The van der Waals surface area contributed by atoms with Gasteiger partial charge in [0.15, 0.2) is 5.11 Å². The lowest BCUT2D eigenvalue weighted by molar-refractivity contribution is -0.122. The smallest absolute Gasteiger partial charge is 0.270 e. The van der Waals surface area contributed by atoms with Gasteiger partial charge in [0.25, 0.3) is 11.8 Å². The highest BCUT2D eigenvalue weighted by molar-refractivity contribution is 7.80. The van der Waals surface area contributed by atoms with E-state index in [0.717, 1.165) is 6.42 Å². The summed E-state index contributed by atoms with van der Waals surface area (Å²) in [5, 5.41) is 2.58. The third-order valence-electron chi connectivity index (χ3n) is 3.72. The molecule has 1 fully saturated rings. The lowest BCUT2D eigenvalue weighted by atomic mass is 10.1. The predicted molar refractivity (Wildman–Crippen MR) is 102 cm³/mol. The minimum atomic E-state index is -0.548. The van der Waals surface area contributed by atoms with E-state index in [1.807, 2.05) is 6.92 Å². The van der Waals surface area contributed by atoms with Gasteiger partial charge in [-0.1, -0.05) is 6.92 Å². The van der Waals surface area contributed by atoms with Crippen molar-refractivity contribution in [1.82, 2.24) is 5.32 Å². The molecule has 7 heteroatoms. The molecule has 6 nitrogen and oxygen atoms in total. The number of nitrogens with one attached hydrogen (secondary N) is 1. The third-order valence-corrected chi connectivity index (χ3v) is 4.00.